The van der Waals surface area contributed by atoms with E-state index in [0.717, 1.165) is 25.5 Å². The molecule has 142 valence electrons. The molecule has 0 aromatic heterocycles. The molecule has 1 aliphatic heterocycles. The third-order valence-electron chi connectivity index (χ3n) is 4.98. The average molecular weight is 460 g/mol. The molecule has 2 aliphatic rings. The number of piperidine rings is 1. The molecule has 0 amide bonds. The maximum absolute atomic E-state index is 13.0. The van der Waals surface area contributed by atoms with Crippen LogP contribution in [0.25, 0.3) is 0 Å². The van der Waals surface area contributed by atoms with Gasteiger partial charge in [-0.25, -0.2) is 16.8 Å². The Bertz CT molecular complexity index is 943. The quantitative estimate of drug-likeness (QED) is 0.647. The fourth-order valence-electron chi connectivity index (χ4n) is 3.60. The van der Waals surface area contributed by atoms with Crippen LogP contribution >= 0.6 is 15.9 Å². The van der Waals surface area contributed by atoms with Gasteiger partial charge in [0.25, 0.3) is 0 Å². The number of sulfonamides is 1. The SMILES string of the molecule is CS(=O)(=O)c1ccccc1S(=O)(=O)N1CCC(C2C=CCC=C2Br)CC1. The molecule has 1 heterocycles. The van der Waals surface area contributed by atoms with Crippen molar-refractivity contribution in [1.29, 1.82) is 0 Å². The Morgan fingerprint density at radius 1 is 1.04 bits per heavy atom. The van der Waals surface area contributed by atoms with E-state index in [1.54, 1.807) is 12.1 Å². The number of hydrogen-bond donors (Lipinski definition) is 0. The van der Waals surface area contributed by atoms with Crippen molar-refractivity contribution in [3.05, 3.63) is 47.0 Å². The molecular weight excluding hydrogens is 438 g/mol. The molecule has 1 aromatic carbocycles. The molecule has 0 spiro atoms. The predicted octanol–water partition coefficient (Wildman–Crippen LogP) is 3.35. The van der Waals surface area contributed by atoms with Gasteiger partial charge in [0.05, 0.1) is 4.90 Å². The molecule has 1 fully saturated rings. The summed E-state index contributed by atoms with van der Waals surface area (Å²) in [5, 5.41) is 0. The lowest BCUT2D eigenvalue weighted by Gasteiger charge is -2.35. The fourth-order valence-corrected chi connectivity index (χ4v) is 7.39. The summed E-state index contributed by atoms with van der Waals surface area (Å²) in [7, 11) is -7.45. The number of benzene rings is 1. The van der Waals surface area contributed by atoms with Gasteiger partial charge in [-0.15, -0.1) is 0 Å². The highest BCUT2D eigenvalue weighted by Crippen LogP contribution is 2.37. The Labute approximate surface area is 163 Å². The summed E-state index contributed by atoms with van der Waals surface area (Å²) in [6, 6.07) is 5.83. The van der Waals surface area contributed by atoms with Crippen LogP contribution in [-0.2, 0) is 19.9 Å². The molecule has 0 radical (unpaired) electrons. The van der Waals surface area contributed by atoms with Crippen LogP contribution in [0.15, 0.2) is 56.8 Å². The van der Waals surface area contributed by atoms with Gasteiger partial charge >= 0.3 is 0 Å². The first-order valence-electron chi connectivity index (χ1n) is 8.52. The molecule has 3 rings (SSSR count). The maximum atomic E-state index is 13.0. The smallest absolute Gasteiger partial charge is 0.224 e. The summed E-state index contributed by atoms with van der Waals surface area (Å²) < 4.78 is 52.6. The standard InChI is InChI=1S/C18H22BrNO4S2/c1-25(21,22)17-8-4-5-9-18(17)26(23,24)20-12-10-14(11-13-20)15-6-2-3-7-16(15)19/h2,4-9,14-15H,3,10-13H2,1H3. The Morgan fingerprint density at radius 2 is 1.65 bits per heavy atom. The van der Waals surface area contributed by atoms with E-state index in [2.05, 4.69) is 34.2 Å². The lowest BCUT2D eigenvalue weighted by Crippen LogP contribution is -2.40. The molecule has 0 N–H and O–H groups in total. The molecule has 1 atom stereocenters. The summed E-state index contributed by atoms with van der Waals surface area (Å²) in [4.78, 5) is -0.261. The Kier molecular flexibility index (Phi) is 5.77. The van der Waals surface area contributed by atoms with Gasteiger partial charge in [0, 0.05) is 25.3 Å². The van der Waals surface area contributed by atoms with Crippen molar-refractivity contribution in [3.8, 4) is 0 Å². The van der Waals surface area contributed by atoms with E-state index in [0.29, 0.717) is 24.9 Å². The van der Waals surface area contributed by atoms with Crippen LogP contribution in [0.4, 0.5) is 0 Å². The highest BCUT2D eigenvalue weighted by Gasteiger charge is 2.35. The van der Waals surface area contributed by atoms with Gasteiger partial charge in [0.2, 0.25) is 10.0 Å². The number of sulfone groups is 1. The van der Waals surface area contributed by atoms with E-state index in [1.165, 1.54) is 20.9 Å². The minimum atomic E-state index is -3.83. The second kappa shape index (κ2) is 7.58. The number of hydrogen-bond acceptors (Lipinski definition) is 4. The maximum Gasteiger partial charge on any atom is 0.244 e. The second-order valence-electron chi connectivity index (χ2n) is 6.74. The molecule has 26 heavy (non-hydrogen) atoms. The third-order valence-corrected chi connectivity index (χ3v) is 9.08. The zero-order valence-electron chi connectivity index (χ0n) is 14.5. The molecular formula is C18H22BrNO4S2. The van der Waals surface area contributed by atoms with Crippen molar-refractivity contribution in [2.75, 3.05) is 19.3 Å². The first-order valence-corrected chi connectivity index (χ1v) is 12.6. The van der Waals surface area contributed by atoms with Gasteiger partial charge in [0.1, 0.15) is 4.90 Å². The second-order valence-corrected chi connectivity index (χ2v) is 11.5. The summed E-state index contributed by atoms with van der Waals surface area (Å²) >= 11 is 3.62. The zero-order valence-corrected chi connectivity index (χ0v) is 17.7. The number of rotatable bonds is 4. The zero-order chi connectivity index (χ0) is 18.9. The normalized spacial score (nSPS) is 23.0. The lowest BCUT2D eigenvalue weighted by molar-refractivity contribution is 0.248. The predicted molar refractivity (Wildman–Crippen MR) is 105 cm³/mol. The minimum Gasteiger partial charge on any atom is -0.224 e. The summed E-state index contributed by atoms with van der Waals surface area (Å²) in [5.41, 5.74) is 0. The molecule has 1 saturated heterocycles. The van der Waals surface area contributed by atoms with Crippen LogP contribution in [0.2, 0.25) is 0 Å². The van der Waals surface area contributed by atoms with Crippen LogP contribution in [0, 0.1) is 11.8 Å². The van der Waals surface area contributed by atoms with Crippen LogP contribution in [0.3, 0.4) is 0 Å². The van der Waals surface area contributed by atoms with Gasteiger partial charge < -0.3 is 0 Å². The lowest BCUT2D eigenvalue weighted by atomic mass is 9.83. The average Bonchev–Trinajstić information content (AvgIpc) is 2.61. The van der Waals surface area contributed by atoms with Crippen molar-refractivity contribution >= 4 is 35.8 Å². The fraction of sp³-hybridized carbons (Fsp3) is 0.444. The van der Waals surface area contributed by atoms with Gasteiger partial charge in [-0.1, -0.05) is 46.3 Å². The van der Waals surface area contributed by atoms with Gasteiger partial charge in [-0.2, -0.15) is 4.31 Å². The Hall–Kier alpha value is -0.960. The molecule has 1 aliphatic carbocycles. The van der Waals surface area contributed by atoms with E-state index >= 15 is 0 Å². The van der Waals surface area contributed by atoms with E-state index in [9.17, 15) is 16.8 Å². The van der Waals surface area contributed by atoms with Gasteiger partial charge in [-0.3, -0.25) is 0 Å². The third kappa shape index (κ3) is 3.98. The topological polar surface area (TPSA) is 71.5 Å². The minimum absolute atomic E-state index is 0.125. The number of allylic oxidation sites excluding steroid dienone is 4. The van der Waals surface area contributed by atoms with Gasteiger partial charge in [-0.05, 0) is 41.8 Å². The summed E-state index contributed by atoms with van der Waals surface area (Å²) in [6.45, 7) is 0.797. The van der Waals surface area contributed by atoms with E-state index < -0.39 is 19.9 Å². The summed E-state index contributed by atoms with van der Waals surface area (Å²) in [5.74, 6) is 0.686. The van der Waals surface area contributed by atoms with Crippen molar-refractivity contribution in [2.24, 2.45) is 11.8 Å². The molecule has 1 unspecified atom stereocenters. The van der Waals surface area contributed by atoms with Crippen molar-refractivity contribution < 1.29 is 16.8 Å². The Morgan fingerprint density at radius 3 is 2.23 bits per heavy atom. The first kappa shape index (κ1) is 19.8. The van der Waals surface area contributed by atoms with E-state index in [4.69, 9.17) is 0 Å². The Balaban J connectivity index is 1.80. The van der Waals surface area contributed by atoms with E-state index in [-0.39, 0.29) is 9.79 Å². The largest absolute Gasteiger partial charge is 0.244 e. The van der Waals surface area contributed by atoms with E-state index in [1.807, 2.05) is 0 Å². The number of halogens is 1. The molecule has 0 bridgehead atoms. The van der Waals surface area contributed by atoms with Crippen LogP contribution in [0.5, 0.6) is 0 Å². The number of nitrogens with zero attached hydrogens (tertiary/aromatic N) is 1. The molecule has 0 saturated carbocycles. The highest BCUT2D eigenvalue weighted by molar-refractivity contribution is 9.11. The first-order chi connectivity index (χ1) is 12.2. The van der Waals surface area contributed by atoms with Crippen LogP contribution in [0.1, 0.15) is 19.3 Å². The van der Waals surface area contributed by atoms with Crippen LogP contribution < -0.4 is 0 Å². The van der Waals surface area contributed by atoms with Gasteiger partial charge in [0.15, 0.2) is 9.84 Å². The highest BCUT2D eigenvalue weighted by atomic mass is 79.9. The van der Waals surface area contributed by atoms with Crippen LogP contribution in [-0.4, -0.2) is 40.5 Å². The molecule has 1 aromatic rings. The molecule has 5 nitrogen and oxygen atoms in total. The summed E-state index contributed by atoms with van der Waals surface area (Å²) in [6.07, 6.45) is 9.94. The molecule has 8 heteroatoms. The van der Waals surface area contributed by atoms with Crippen molar-refractivity contribution in [1.82, 2.24) is 4.31 Å². The monoisotopic (exact) mass is 459 g/mol. The van der Waals surface area contributed by atoms with Crippen molar-refractivity contribution in [3.63, 3.8) is 0 Å². The van der Waals surface area contributed by atoms with Crippen molar-refractivity contribution in [2.45, 2.75) is 29.1 Å².